The van der Waals surface area contributed by atoms with Crippen molar-refractivity contribution in [3.8, 4) is 0 Å². The van der Waals surface area contributed by atoms with E-state index in [1.807, 2.05) is 0 Å². The van der Waals surface area contributed by atoms with Gasteiger partial charge in [-0.15, -0.1) is 0 Å². The van der Waals surface area contributed by atoms with Gasteiger partial charge in [0.05, 0.1) is 0 Å². The second-order valence-corrected chi connectivity index (χ2v) is 7.00. The standard InChI is InChI=1S/C10H10Se2/c1-3-7-11-9(5-1)10-6-2-4-8-12-10/h1-6H,7-8H2. The molecule has 0 N–H and O–H groups in total. The molecule has 0 aromatic carbocycles. The van der Waals surface area contributed by atoms with Crippen LogP contribution in [0.15, 0.2) is 45.4 Å². The zero-order chi connectivity index (χ0) is 8.23. The van der Waals surface area contributed by atoms with Crippen LogP contribution in [-0.2, 0) is 0 Å². The van der Waals surface area contributed by atoms with Crippen LogP contribution >= 0.6 is 0 Å². The van der Waals surface area contributed by atoms with E-state index < -0.39 is 0 Å². The van der Waals surface area contributed by atoms with Gasteiger partial charge >= 0.3 is 86.0 Å². The van der Waals surface area contributed by atoms with Crippen LogP contribution in [-0.4, -0.2) is 29.9 Å². The van der Waals surface area contributed by atoms with Crippen LogP contribution < -0.4 is 0 Å². The Morgan fingerprint density at radius 1 is 0.833 bits per heavy atom. The average Bonchev–Trinajstić information content (AvgIpc) is 2.21. The molecule has 0 aromatic rings. The summed E-state index contributed by atoms with van der Waals surface area (Å²) >= 11 is 1.43. The Balaban J connectivity index is 2.17. The third-order valence-electron chi connectivity index (χ3n) is 1.68. The van der Waals surface area contributed by atoms with E-state index in [0.717, 1.165) is 0 Å². The fourth-order valence-electron chi connectivity index (χ4n) is 1.10. The van der Waals surface area contributed by atoms with Crippen molar-refractivity contribution in [2.45, 2.75) is 10.6 Å². The van der Waals surface area contributed by atoms with E-state index in [1.54, 1.807) is 8.94 Å². The third kappa shape index (κ3) is 2.02. The van der Waals surface area contributed by atoms with Crippen LogP contribution in [0.3, 0.4) is 0 Å². The van der Waals surface area contributed by atoms with Gasteiger partial charge in [0.15, 0.2) is 0 Å². The van der Waals surface area contributed by atoms with Crippen molar-refractivity contribution in [1.29, 1.82) is 0 Å². The van der Waals surface area contributed by atoms with Gasteiger partial charge in [0.2, 0.25) is 0 Å². The molecular formula is C10H10Se2. The predicted octanol–water partition coefficient (Wildman–Crippen LogP) is 2.14. The summed E-state index contributed by atoms with van der Waals surface area (Å²) in [7, 11) is 0. The van der Waals surface area contributed by atoms with E-state index in [4.69, 9.17) is 0 Å². The van der Waals surface area contributed by atoms with Crippen molar-refractivity contribution in [2.24, 2.45) is 0 Å². The third-order valence-corrected chi connectivity index (χ3v) is 6.64. The van der Waals surface area contributed by atoms with Crippen molar-refractivity contribution >= 4 is 29.9 Å². The topological polar surface area (TPSA) is 0 Å². The Hall–Kier alpha value is -0.00104. The molecule has 0 atom stereocenters. The molecule has 0 aliphatic carbocycles. The van der Waals surface area contributed by atoms with E-state index in [9.17, 15) is 0 Å². The summed E-state index contributed by atoms with van der Waals surface area (Å²) in [6.07, 6.45) is 13.6. The van der Waals surface area contributed by atoms with E-state index >= 15 is 0 Å². The molecule has 2 heteroatoms. The quantitative estimate of drug-likeness (QED) is 0.649. The fourth-order valence-corrected chi connectivity index (χ4v) is 5.62. The summed E-state index contributed by atoms with van der Waals surface area (Å²) in [5, 5.41) is 2.58. The zero-order valence-electron chi connectivity index (χ0n) is 6.69. The Bertz CT molecular complexity index is 252. The second-order valence-electron chi connectivity index (χ2n) is 2.54. The maximum atomic E-state index is 2.30. The number of hydrogen-bond donors (Lipinski definition) is 0. The van der Waals surface area contributed by atoms with Crippen LogP contribution in [0, 0.1) is 0 Å². The van der Waals surface area contributed by atoms with E-state index in [0.29, 0.717) is 29.9 Å². The first-order valence-corrected chi connectivity index (χ1v) is 8.10. The van der Waals surface area contributed by atoms with Crippen molar-refractivity contribution in [2.75, 3.05) is 0 Å². The van der Waals surface area contributed by atoms with Crippen LogP contribution in [0.4, 0.5) is 0 Å². The molecule has 0 unspecified atom stereocenters. The maximum absolute atomic E-state index is 2.30. The first-order valence-electron chi connectivity index (χ1n) is 3.96. The van der Waals surface area contributed by atoms with E-state index in [-0.39, 0.29) is 0 Å². The van der Waals surface area contributed by atoms with Crippen molar-refractivity contribution in [3.05, 3.63) is 45.4 Å². The summed E-state index contributed by atoms with van der Waals surface area (Å²) in [6, 6.07) is 0. The SMILES string of the molecule is C1=CC[Se]C(C2=CC=CC[Se]2)=C1. The van der Waals surface area contributed by atoms with Gasteiger partial charge in [0.1, 0.15) is 0 Å². The predicted molar refractivity (Wildman–Crippen MR) is 55.6 cm³/mol. The molecular weight excluding hydrogens is 278 g/mol. The van der Waals surface area contributed by atoms with Gasteiger partial charge in [-0.1, -0.05) is 0 Å². The second kappa shape index (κ2) is 4.30. The Kier molecular flexibility index (Phi) is 3.08. The number of rotatable bonds is 1. The van der Waals surface area contributed by atoms with Crippen LogP contribution in [0.5, 0.6) is 0 Å². The van der Waals surface area contributed by atoms with Crippen LogP contribution in [0.25, 0.3) is 0 Å². The zero-order valence-corrected chi connectivity index (χ0v) is 10.1. The first kappa shape index (κ1) is 8.59. The Labute approximate surface area is 85.8 Å². The summed E-state index contributed by atoms with van der Waals surface area (Å²) in [4.78, 5) is 0. The molecule has 0 bridgehead atoms. The summed E-state index contributed by atoms with van der Waals surface area (Å²) in [5.74, 6) is 0. The molecule has 0 radical (unpaired) electrons. The monoisotopic (exact) mass is 290 g/mol. The van der Waals surface area contributed by atoms with Gasteiger partial charge in [-0.3, -0.25) is 0 Å². The molecule has 2 rings (SSSR count). The average molecular weight is 288 g/mol. The van der Waals surface area contributed by atoms with Crippen LogP contribution in [0.1, 0.15) is 0 Å². The van der Waals surface area contributed by atoms with Crippen molar-refractivity contribution in [1.82, 2.24) is 0 Å². The summed E-state index contributed by atoms with van der Waals surface area (Å²) < 4.78 is 3.27. The summed E-state index contributed by atoms with van der Waals surface area (Å²) in [5.41, 5.74) is 0. The fraction of sp³-hybridized carbons (Fsp3) is 0.200. The molecule has 0 saturated carbocycles. The first-order chi connectivity index (χ1) is 5.97. The molecule has 0 fully saturated rings. The minimum atomic E-state index is 0.716. The van der Waals surface area contributed by atoms with E-state index in [2.05, 4.69) is 36.5 Å². The molecule has 2 aliphatic rings. The molecule has 0 nitrogen and oxygen atoms in total. The van der Waals surface area contributed by atoms with Gasteiger partial charge in [0.25, 0.3) is 0 Å². The van der Waals surface area contributed by atoms with Crippen LogP contribution in [0.2, 0.25) is 10.6 Å². The van der Waals surface area contributed by atoms with Crippen molar-refractivity contribution < 1.29 is 0 Å². The molecule has 62 valence electrons. The normalized spacial score (nSPS) is 22.0. The van der Waals surface area contributed by atoms with Gasteiger partial charge in [0, 0.05) is 0 Å². The molecule has 0 aromatic heterocycles. The molecule has 2 aliphatic heterocycles. The molecule has 0 saturated heterocycles. The van der Waals surface area contributed by atoms with Gasteiger partial charge < -0.3 is 0 Å². The minimum absolute atomic E-state index is 0.716. The molecule has 0 spiro atoms. The number of allylic oxidation sites excluding steroid dienone is 8. The van der Waals surface area contributed by atoms with E-state index in [1.165, 1.54) is 10.6 Å². The molecule has 2 heterocycles. The van der Waals surface area contributed by atoms with Crippen molar-refractivity contribution in [3.63, 3.8) is 0 Å². The van der Waals surface area contributed by atoms with Gasteiger partial charge in [-0.05, 0) is 0 Å². The summed E-state index contributed by atoms with van der Waals surface area (Å²) in [6.45, 7) is 0. The van der Waals surface area contributed by atoms with Gasteiger partial charge in [-0.2, -0.15) is 0 Å². The molecule has 12 heavy (non-hydrogen) atoms. The Morgan fingerprint density at radius 2 is 1.33 bits per heavy atom. The Morgan fingerprint density at radius 3 is 1.67 bits per heavy atom. The van der Waals surface area contributed by atoms with Gasteiger partial charge in [-0.25, -0.2) is 0 Å². The number of hydrogen-bond acceptors (Lipinski definition) is 0. The molecule has 0 amide bonds.